The summed E-state index contributed by atoms with van der Waals surface area (Å²) in [7, 11) is 0. The monoisotopic (exact) mass is 484 g/mol. The van der Waals surface area contributed by atoms with Gasteiger partial charge in [0, 0.05) is 29.0 Å². The Hall–Kier alpha value is -4.08. The summed E-state index contributed by atoms with van der Waals surface area (Å²) in [6.45, 7) is 0.337. The Balaban J connectivity index is 1.29. The van der Waals surface area contributed by atoms with Gasteiger partial charge in [-0.25, -0.2) is 18.8 Å². The molecule has 5 rings (SSSR count). The molecular weight excluding hydrogens is 467 g/mol. The van der Waals surface area contributed by atoms with E-state index in [4.69, 9.17) is 4.74 Å². The minimum atomic E-state index is -4.41. The maximum Gasteiger partial charge on any atom is 0.416 e. The molecule has 0 bridgehead atoms. The van der Waals surface area contributed by atoms with E-state index in [1.165, 1.54) is 24.3 Å². The summed E-state index contributed by atoms with van der Waals surface area (Å²) >= 11 is 0. The highest BCUT2D eigenvalue weighted by Crippen LogP contribution is 2.31. The third kappa shape index (κ3) is 4.77. The first-order valence-corrected chi connectivity index (χ1v) is 10.6. The Morgan fingerprint density at radius 1 is 1.03 bits per heavy atom. The minimum absolute atomic E-state index is 0.0360. The Labute approximate surface area is 197 Å². The molecule has 0 saturated carbocycles. The Morgan fingerprint density at radius 3 is 2.60 bits per heavy atom. The van der Waals surface area contributed by atoms with Crippen molar-refractivity contribution in [1.82, 2.24) is 5.01 Å². The summed E-state index contributed by atoms with van der Waals surface area (Å²) in [6.07, 6.45) is 2.76. The largest absolute Gasteiger partial charge is 0.471 e. The normalized spacial score (nSPS) is 17.5. The number of rotatable bonds is 4. The first-order chi connectivity index (χ1) is 16.8. The van der Waals surface area contributed by atoms with Gasteiger partial charge in [-0.05, 0) is 30.7 Å². The van der Waals surface area contributed by atoms with E-state index >= 15 is 0 Å². The minimum Gasteiger partial charge on any atom is -0.471 e. The Morgan fingerprint density at radius 2 is 1.83 bits per heavy atom. The van der Waals surface area contributed by atoms with Crippen LogP contribution in [-0.4, -0.2) is 35.9 Å². The molecule has 0 radical (unpaired) electrons. The Kier molecular flexibility index (Phi) is 5.80. The third-order valence-electron chi connectivity index (χ3n) is 5.55. The van der Waals surface area contributed by atoms with Crippen molar-refractivity contribution in [1.29, 1.82) is 0 Å². The Bertz CT molecular complexity index is 1350. The number of hydrogen-bond donors (Lipinski definition) is 0. The summed E-state index contributed by atoms with van der Waals surface area (Å²) in [4.78, 5) is 8.72. The number of ether oxygens (including phenoxy) is 1. The molecule has 0 atom stereocenters. The number of benzene rings is 2. The van der Waals surface area contributed by atoms with E-state index in [1.807, 2.05) is 0 Å². The SMILES string of the molecule is Fc1cccc(C2=CCC3=CN(CC4=NCOC(c5ccc(C(F)(F)F)cc5)=C4)N=CC3=N2)c1F. The predicted octanol–water partition coefficient (Wildman–Crippen LogP) is 5.82. The van der Waals surface area contributed by atoms with Crippen LogP contribution in [0.1, 0.15) is 23.1 Å². The van der Waals surface area contributed by atoms with Crippen molar-refractivity contribution in [3.63, 3.8) is 0 Å². The van der Waals surface area contributed by atoms with Gasteiger partial charge in [0.05, 0.1) is 35.4 Å². The molecule has 3 aliphatic heterocycles. The highest BCUT2D eigenvalue weighted by molar-refractivity contribution is 6.40. The molecule has 5 nitrogen and oxygen atoms in total. The molecule has 0 aliphatic carbocycles. The summed E-state index contributed by atoms with van der Waals surface area (Å²) in [5.74, 6) is -1.46. The quantitative estimate of drug-likeness (QED) is 0.514. The van der Waals surface area contributed by atoms with Crippen LogP contribution < -0.4 is 0 Å². The zero-order valence-electron chi connectivity index (χ0n) is 18.1. The first-order valence-electron chi connectivity index (χ1n) is 10.6. The smallest absolute Gasteiger partial charge is 0.416 e. The standard InChI is InChI=1S/C25H17F5N4O/c26-20-3-1-2-19(24(20)27)21-9-6-16-12-34(32-11-22(16)33-21)13-18-10-23(35-14-31-18)15-4-7-17(8-5-15)25(28,29)30/h1-5,7-12H,6,13-14H2. The zero-order chi connectivity index (χ0) is 24.6. The summed E-state index contributed by atoms with van der Waals surface area (Å²) in [6, 6.07) is 8.68. The van der Waals surface area contributed by atoms with E-state index in [0.29, 0.717) is 41.4 Å². The fourth-order valence-corrected chi connectivity index (χ4v) is 3.76. The van der Waals surface area contributed by atoms with E-state index < -0.39 is 23.4 Å². The highest BCUT2D eigenvalue weighted by atomic mass is 19.4. The van der Waals surface area contributed by atoms with Gasteiger partial charge in [-0.15, -0.1) is 0 Å². The van der Waals surface area contributed by atoms with Gasteiger partial charge in [0.15, 0.2) is 18.4 Å². The summed E-state index contributed by atoms with van der Waals surface area (Å²) in [5.41, 5.74) is 2.24. The van der Waals surface area contributed by atoms with Gasteiger partial charge in [0.1, 0.15) is 5.76 Å². The molecule has 0 saturated heterocycles. The molecule has 0 amide bonds. The first kappa shape index (κ1) is 22.7. The number of halogens is 5. The van der Waals surface area contributed by atoms with Crippen LogP contribution in [0.5, 0.6) is 0 Å². The average Bonchev–Trinajstić information content (AvgIpc) is 2.85. The van der Waals surface area contributed by atoms with Crippen molar-refractivity contribution in [2.24, 2.45) is 15.1 Å². The molecule has 178 valence electrons. The number of alkyl halides is 3. The lowest BCUT2D eigenvalue weighted by atomic mass is 10.0. The van der Waals surface area contributed by atoms with Crippen LogP contribution in [0.4, 0.5) is 22.0 Å². The maximum atomic E-state index is 14.1. The van der Waals surface area contributed by atoms with Crippen molar-refractivity contribution < 1.29 is 26.7 Å². The molecule has 2 aromatic rings. The molecule has 2 aromatic carbocycles. The zero-order valence-corrected chi connectivity index (χ0v) is 18.1. The van der Waals surface area contributed by atoms with Crippen LogP contribution in [0.15, 0.2) is 81.5 Å². The lowest BCUT2D eigenvalue weighted by molar-refractivity contribution is -0.137. The molecule has 3 heterocycles. The number of aliphatic imine (C=N–C) groups is 2. The molecule has 0 unspecified atom stereocenters. The lowest BCUT2D eigenvalue weighted by Gasteiger charge is -2.24. The molecule has 0 N–H and O–H groups in total. The van der Waals surface area contributed by atoms with Gasteiger partial charge < -0.3 is 4.74 Å². The topological polar surface area (TPSA) is 49.5 Å². The second kappa shape index (κ2) is 8.94. The van der Waals surface area contributed by atoms with Crippen LogP contribution in [0.3, 0.4) is 0 Å². The number of fused-ring (bicyclic) bond motifs is 1. The average molecular weight is 484 g/mol. The molecule has 35 heavy (non-hydrogen) atoms. The number of hydrogen-bond acceptors (Lipinski definition) is 5. The fourth-order valence-electron chi connectivity index (χ4n) is 3.76. The van der Waals surface area contributed by atoms with Crippen molar-refractivity contribution >= 4 is 29.1 Å². The summed E-state index contributed by atoms with van der Waals surface area (Å²) < 4.78 is 71.7. The van der Waals surface area contributed by atoms with Gasteiger partial charge in [0.25, 0.3) is 0 Å². The highest BCUT2D eigenvalue weighted by Gasteiger charge is 2.30. The van der Waals surface area contributed by atoms with Gasteiger partial charge in [0.2, 0.25) is 0 Å². The maximum absolute atomic E-state index is 14.1. The van der Waals surface area contributed by atoms with E-state index in [1.54, 1.807) is 29.6 Å². The number of allylic oxidation sites excluding steroid dienone is 2. The fraction of sp³-hybridized carbons (Fsp3) is 0.160. The van der Waals surface area contributed by atoms with Crippen molar-refractivity contribution in [2.75, 3.05) is 13.3 Å². The van der Waals surface area contributed by atoms with E-state index in [9.17, 15) is 22.0 Å². The molecule has 3 aliphatic rings. The molecule has 10 heteroatoms. The van der Waals surface area contributed by atoms with Gasteiger partial charge in [-0.2, -0.15) is 18.3 Å². The van der Waals surface area contributed by atoms with Gasteiger partial charge >= 0.3 is 6.18 Å². The second-order valence-electron chi connectivity index (χ2n) is 7.89. The van der Waals surface area contributed by atoms with E-state index in [0.717, 1.165) is 23.8 Å². The van der Waals surface area contributed by atoms with Crippen molar-refractivity contribution in [3.05, 3.63) is 94.7 Å². The lowest BCUT2D eigenvalue weighted by Crippen LogP contribution is -2.27. The van der Waals surface area contributed by atoms with Crippen LogP contribution in [0.25, 0.3) is 11.5 Å². The number of hydrazone groups is 1. The van der Waals surface area contributed by atoms with Crippen LogP contribution >= 0.6 is 0 Å². The van der Waals surface area contributed by atoms with Crippen LogP contribution in [-0.2, 0) is 10.9 Å². The summed E-state index contributed by atoms with van der Waals surface area (Å²) in [5, 5.41) is 6.00. The van der Waals surface area contributed by atoms with Gasteiger partial charge in [-0.1, -0.05) is 24.3 Å². The number of nitrogens with zero attached hydrogens (tertiary/aromatic N) is 4. The molecule has 0 aromatic heterocycles. The predicted molar refractivity (Wildman–Crippen MR) is 122 cm³/mol. The van der Waals surface area contributed by atoms with Crippen molar-refractivity contribution in [2.45, 2.75) is 12.6 Å². The second-order valence-corrected chi connectivity index (χ2v) is 7.89. The molecule has 0 spiro atoms. The van der Waals surface area contributed by atoms with Gasteiger partial charge in [-0.3, -0.25) is 5.01 Å². The molecular formula is C25H17F5N4O. The molecule has 0 fully saturated rings. The van der Waals surface area contributed by atoms with Crippen LogP contribution in [0.2, 0.25) is 0 Å². The van der Waals surface area contributed by atoms with E-state index in [2.05, 4.69) is 15.1 Å². The third-order valence-corrected chi connectivity index (χ3v) is 5.55. The van der Waals surface area contributed by atoms with Crippen molar-refractivity contribution in [3.8, 4) is 0 Å². The van der Waals surface area contributed by atoms with E-state index in [-0.39, 0.29) is 12.3 Å². The van der Waals surface area contributed by atoms with Crippen LogP contribution in [0, 0.1) is 11.6 Å².